The van der Waals surface area contributed by atoms with Gasteiger partial charge in [-0.2, -0.15) is 0 Å². The van der Waals surface area contributed by atoms with Crippen LogP contribution in [-0.2, 0) is 57.2 Å². The van der Waals surface area contributed by atoms with Crippen molar-refractivity contribution in [3.8, 4) is 0 Å². The minimum atomic E-state index is -1.39. The number of esters is 4. The third kappa shape index (κ3) is 8.59. The van der Waals surface area contributed by atoms with Crippen LogP contribution in [0.1, 0.15) is 34.6 Å². The lowest BCUT2D eigenvalue weighted by atomic mass is 9.96. The number of hydrogen-bond donors (Lipinski definition) is 2. The molecular weight excluding hydrogens is 460 g/mol. The molecule has 1 rings (SSSR count). The molecule has 1 fully saturated rings. The van der Waals surface area contributed by atoms with Gasteiger partial charge in [-0.05, 0) is 13.8 Å². The van der Waals surface area contributed by atoms with Gasteiger partial charge in [-0.1, -0.05) is 0 Å². The van der Waals surface area contributed by atoms with E-state index in [2.05, 4.69) is 10.6 Å². The van der Waals surface area contributed by atoms with Crippen molar-refractivity contribution < 1.29 is 57.2 Å². The third-order valence-corrected chi connectivity index (χ3v) is 4.43. The van der Waals surface area contributed by atoms with Crippen LogP contribution in [-0.4, -0.2) is 92.7 Å². The van der Waals surface area contributed by atoms with Crippen LogP contribution in [0.3, 0.4) is 0 Å². The SMILES string of the molecule is CCOC(=O)C(C)NC(=O)C(=O)N[C@H]1[C@@H](OC)O[C@H](COC(C)=O)[C@@H](OC(C)=O)[C@@H]1OC(C)=O. The van der Waals surface area contributed by atoms with Gasteiger partial charge < -0.3 is 39.1 Å². The Balaban J connectivity index is 3.16. The highest BCUT2D eigenvalue weighted by molar-refractivity contribution is 6.35. The first kappa shape index (κ1) is 28.8. The van der Waals surface area contributed by atoms with Crippen LogP contribution in [0, 0.1) is 0 Å². The van der Waals surface area contributed by atoms with E-state index in [0.717, 1.165) is 20.8 Å². The molecule has 2 N–H and O–H groups in total. The molecule has 1 unspecified atom stereocenters. The van der Waals surface area contributed by atoms with Crippen molar-refractivity contribution in [2.75, 3.05) is 20.3 Å². The minimum absolute atomic E-state index is 0.0796. The van der Waals surface area contributed by atoms with Crippen LogP contribution >= 0.6 is 0 Å². The molecule has 2 amide bonds. The molecule has 14 heteroatoms. The second kappa shape index (κ2) is 13.4. The summed E-state index contributed by atoms with van der Waals surface area (Å²) in [7, 11) is 1.21. The van der Waals surface area contributed by atoms with Gasteiger partial charge in [0.05, 0.1) is 6.61 Å². The topological polar surface area (TPSA) is 182 Å². The van der Waals surface area contributed by atoms with Crippen LogP contribution in [0.4, 0.5) is 0 Å². The summed E-state index contributed by atoms with van der Waals surface area (Å²) < 4.78 is 31.1. The van der Waals surface area contributed by atoms with Crippen LogP contribution in [0.15, 0.2) is 0 Å². The lowest BCUT2D eigenvalue weighted by Crippen LogP contribution is -2.67. The highest BCUT2D eigenvalue weighted by Gasteiger charge is 2.51. The van der Waals surface area contributed by atoms with E-state index in [0.29, 0.717) is 0 Å². The molecule has 192 valence electrons. The standard InChI is InChI=1S/C20H30N2O12/c1-7-30-19(28)9(2)21-17(26)18(27)22-14-16(33-12(5)25)15(32-11(4)24)13(8-31-10(3)23)34-20(14)29-6/h9,13-16,20H,7-8H2,1-6H3,(H,21,26)(H,22,27)/t9?,13-,14-,15-,16-,20+/m1/s1. The number of ether oxygens (including phenoxy) is 6. The Hall–Kier alpha value is -3.26. The fourth-order valence-corrected chi connectivity index (χ4v) is 3.06. The Bertz CT molecular complexity index is 786. The number of methoxy groups -OCH3 is 1. The van der Waals surface area contributed by atoms with Crippen molar-refractivity contribution >= 4 is 35.7 Å². The van der Waals surface area contributed by atoms with Gasteiger partial charge in [0, 0.05) is 27.9 Å². The Kier molecular flexibility index (Phi) is 11.4. The molecule has 0 aromatic heterocycles. The summed E-state index contributed by atoms with van der Waals surface area (Å²) in [5.74, 6) is -5.39. The van der Waals surface area contributed by atoms with Gasteiger partial charge in [0.15, 0.2) is 18.5 Å². The molecule has 0 aliphatic carbocycles. The van der Waals surface area contributed by atoms with Crippen molar-refractivity contribution in [1.29, 1.82) is 0 Å². The molecule has 0 aromatic rings. The van der Waals surface area contributed by atoms with Crippen LogP contribution in [0.5, 0.6) is 0 Å². The maximum absolute atomic E-state index is 12.5. The van der Waals surface area contributed by atoms with Crippen LogP contribution < -0.4 is 10.6 Å². The number of hydrogen-bond acceptors (Lipinski definition) is 12. The lowest BCUT2D eigenvalue weighted by molar-refractivity contribution is -0.271. The van der Waals surface area contributed by atoms with Crippen molar-refractivity contribution in [3.63, 3.8) is 0 Å². The van der Waals surface area contributed by atoms with Gasteiger partial charge in [0.2, 0.25) is 0 Å². The van der Waals surface area contributed by atoms with Gasteiger partial charge in [-0.15, -0.1) is 0 Å². The van der Waals surface area contributed by atoms with Crippen molar-refractivity contribution in [2.45, 2.75) is 71.3 Å². The summed E-state index contributed by atoms with van der Waals surface area (Å²) >= 11 is 0. The van der Waals surface area contributed by atoms with E-state index >= 15 is 0 Å². The predicted octanol–water partition coefficient (Wildman–Crippen LogP) is -1.66. The number of rotatable bonds is 9. The molecule has 1 aliphatic rings. The fraction of sp³-hybridized carbons (Fsp3) is 0.700. The normalized spacial score (nSPS) is 24.7. The average molecular weight is 490 g/mol. The largest absolute Gasteiger partial charge is 0.464 e. The Morgan fingerprint density at radius 2 is 1.47 bits per heavy atom. The van der Waals surface area contributed by atoms with Gasteiger partial charge in [0.25, 0.3) is 0 Å². The van der Waals surface area contributed by atoms with E-state index in [1.807, 2.05) is 0 Å². The molecule has 6 atom stereocenters. The zero-order valence-corrected chi connectivity index (χ0v) is 19.8. The first-order chi connectivity index (χ1) is 15.9. The number of amides is 2. The lowest BCUT2D eigenvalue weighted by Gasteiger charge is -2.44. The zero-order chi connectivity index (χ0) is 26.0. The second-order valence-electron chi connectivity index (χ2n) is 7.18. The van der Waals surface area contributed by atoms with Gasteiger partial charge in [-0.3, -0.25) is 24.0 Å². The molecule has 1 heterocycles. The number of nitrogens with one attached hydrogen (secondary N) is 2. The summed E-state index contributed by atoms with van der Waals surface area (Å²) in [6, 6.07) is -2.45. The summed E-state index contributed by atoms with van der Waals surface area (Å²) in [5.41, 5.74) is 0. The van der Waals surface area contributed by atoms with E-state index in [4.69, 9.17) is 28.4 Å². The predicted molar refractivity (Wildman–Crippen MR) is 110 cm³/mol. The highest BCUT2D eigenvalue weighted by atomic mass is 16.7. The second-order valence-corrected chi connectivity index (χ2v) is 7.18. The van der Waals surface area contributed by atoms with E-state index in [9.17, 15) is 28.8 Å². The first-order valence-electron chi connectivity index (χ1n) is 10.3. The quantitative estimate of drug-likeness (QED) is 0.213. The molecule has 0 bridgehead atoms. The maximum atomic E-state index is 12.5. The molecule has 0 saturated carbocycles. The molecule has 34 heavy (non-hydrogen) atoms. The fourth-order valence-electron chi connectivity index (χ4n) is 3.06. The van der Waals surface area contributed by atoms with E-state index in [1.54, 1.807) is 6.92 Å². The molecule has 0 aromatic carbocycles. The molecule has 0 spiro atoms. The average Bonchev–Trinajstić information content (AvgIpc) is 2.74. The molecule has 0 radical (unpaired) electrons. The van der Waals surface area contributed by atoms with Gasteiger partial charge in [0.1, 0.15) is 24.8 Å². The summed E-state index contributed by atoms with van der Waals surface area (Å²) in [6.07, 6.45) is -5.16. The van der Waals surface area contributed by atoms with Gasteiger partial charge >= 0.3 is 35.7 Å². The Labute approximate surface area is 195 Å². The maximum Gasteiger partial charge on any atom is 0.328 e. The summed E-state index contributed by atoms with van der Waals surface area (Å²) in [5, 5.41) is 4.48. The summed E-state index contributed by atoms with van der Waals surface area (Å²) in [6.45, 7) is 5.92. The van der Waals surface area contributed by atoms with Crippen LogP contribution in [0.25, 0.3) is 0 Å². The first-order valence-corrected chi connectivity index (χ1v) is 10.3. The highest BCUT2D eigenvalue weighted by Crippen LogP contribution is 2.27. The molecule has 14 nitrogen and oxygen atoms in total. The van der Waals surface area contributed by atoms with E-state index < -0.39 is 72.4 Å². The number of carbonyl (C=O) groups excluding carboxylic acids is 6. The van der Waals surface area contributed by atoms with Crippen molar-refractivity contribution in [2.24, 2.45) is 0 Å². The molecular formula is C20H30N2O12. The Morgan fingerprint density at radius 1 is 0.882 bits per heavy atom. The third-order valence-electron chi connectivity index (χ3n) is 4.43. The monoisotopic (exact) mass is 490 g/mol. The van der Waals surface area contributed by atoms with Crippen molar-refractivity contribution in [1.82, 2.24) is 10.6 Å². The smallest absolute Gasteiger partial charge is 0.328 e. The molecule has 1 saturated heterocycles. The number of carbonyl (C=O) groups is 6. The van der Waals surface area contributed by atoms with Crippen LogP contribution in [0.2, 0.25) is 0 Å². The van der Waals surface area contributed by atoms with E-state index in [-0.39, 0.29) is 13.2 Å². The Morgan fingerprint density at radius 3 is 1.97 bits per heavy atom. The minimum Gasteiger partial charge on any atom is -0.464 e. The van der Waals surface area contributed by atoms with E-state index in [1.165, 1.54) is 14.0 Å². The van der Waals surface area contributed by atoms with Gasteiger partial charge in [-0.25, -0.2) is 4.79 Å². The zero-order valence-electron chi connectivity index (χ0n) is 19.8. The molecule has 1 aliphatic heterocycles. The van der Waals surface area contributed by atoms with Crippen molar-refractivity contribution in [3.05, 3.63) is 0 Å². The summed E-state index contributed by atoms with van der Waals surface area (Å²) in [4.78, 5) is 71.3.